The van der Waals surface area contributed by atoms with Crippen molar-refractivity contribution < 1.29 is 4.79 Å². The van der Waals surface area contributed by atoms with E-state index in [9.17, 15) is 4.79 Å². The van der Waals surface area contributed by atoms with Gasteiger partial charge in [-0.05, 0) is 74.4 Å². The summed E-state index contributed by atoms with van der Waals surface area (Å²) in [5, 5.41) is 10.5. The van der Waals surface area contributed by atoms with Gasteiger partial charge >= 0.3 is 0 Å². The van der Waals surface area contributed by atoms with E-state index in [0.29, 0.717) is 23.5 Å². The zero-order chi connectivity index (χ0) is 19.5. The molecule has 0 atom stereocenters. The van der Waals surface area contributed by atoms with E-state index < -0.39 is 0 Å². The number of nitrogens with two attached hydrogens (primary N) is 1. The van der Waals surface area contributed by atoms with Crippen molar-refractivity contribution in [3.05, 3.63) is 53.7 Å². The molecule has 2 aromatic heterocycles. The quantitative estimate of drug-likeness (QED) is 0.634. The Morgan fingerprint density at radius 1 is 1.14 bits per heavy atom. The lowest BCUT2D eigenvalue weighted by Gasteiger charge is -2.26. The number of nitrogens with zero attached hydrogens (tertiary/aromatic N) is 3. The van der Waals surface area contributed by atoms with Crippen LogP contribution < -0.4 is 16.4 Å². The molecule has 4 N–H and O–H groups in total. The lowest BCUT2D eigenvalue weighted by Crippen LogP contribution is -2.27. The number of amides is 1. The van der Waals surface area contributed by atoms with E-state index in [1.165, 1.54) is 18.5 Å². The van der Waals surface area contributed by atoms with Crippen LogP contribution in [-0.2, 0) is 6.42 Å². The van der Waals surface area contributed by atoms with Crippen molar-refractivity contribution >= 4 is 23.2 Å². The van der Waals surface area contributed by atoms with Crippen LogP contribution in [0.3, 0.4) is 0 Å². The fourth-order valence-electron chi connectivity index (χ4n) is 3.83. The molecule has 7 heteroatoms. The maximum atomic E-state index is 11.7. The van der Waals surface area contributed by atoms with Gasteiger partial charge in [0.15, 0.2) is 5.65 Å². The molecule has 7 nitrogen and oxygen atoms in total. The normalized spacial score (nSPS) is 19.5. The average Bonchev–Trinajstić information content (AvgIpc) is 3.13. The van der Waals surface area contributed by atoms with Crippen LogP contribution in [0.5, 0.6) is 0 Å². The summed E-state index contributed by atoms with van der Waals surface area (Å²) in [6.45, 7) is 0. The average molecular weight is 378 g/mol. The minimum Gasteiger partial charge on any atom is -0.355 e. The zero-order valence-electron chi connectivity index (χ0n) is 16.1. The number of hydrogen-bond donors (Lipinski definition) is 3. The number of hydrogen-bond acceptors (Lipinski definition) is 5. The second-order valence-corrected chi connectivity index (χ2v) is 7.49. The molecule has 146 valence electrons. The zero-order valence-corrected chi connectivity index (χ0v) is 16.1. The molecular weight excluding hydrogens is 352 g/mol. The predicted molar refractivity (Wildman–Crippen MR) is 110 cm³/mol. The van der Waals surface area contributed by atoms with Crippen LogP contribution in [0.2, 0.25) is 0 Å². The van der Waals surface area contributed by atoms with Gasteiger partial charge in [0.25, 0.3) is 5.91 Å². The molecule has 1 amide bonds. The van der Waals surface area contributed by atoms with E-state index >= 15 is 0 Å². The maximum Gasteiger partial charge on any atom is 0.251 e. The first kappa shape index (κ1) is 18.4. The molecule has 3 aromatic rings. The summed E-state index contributed by atoms with van der Waals surface area (Å²) < 4.78 is 1.93. The topological polar surface area (TPSA) is 97.3 Å². The third kappa shape index (κ3) is 3.99. The number of rotatable bonds is 5. The van der Waals surface area contributed by atoms with Crippen molar-refractivity contribution in [2.24, 2.45) is 11.7 Å². The second kappa shape index (κ2) is 7.98. The van der Waals surface area contributed by atoms with Crippen molar-refractivity contribution in [1.29, 1.82) is 0 Å². The molecule has 1 aromatic carbocycles. The smallest absolute Gasteiger partial charge is 0.251 e. The fourth-order valence-corrected chi connectivity index (χ4v) is 3.83. The minimum absolute atomic E-state index is 0.106. The Balaban J connectivity index is 1.50. The van der Waals surface area contributed by atoms with Crippen molar-refractivity contribution in [2.45, 2.75) is 38.1 Å². The molecule has 28 heavy (non-hydrogen) atoms. The van der Waals surface area contributed by atoms with Crippen LogP contribution in [0.25, 0.3) is 5.65 Å². The first-order chi connectivity index (χ1) is 13.6. The summed E-state index contributed by atoms with van der Waals surface area (Å²) in [4.78, 5) is 16.2. The Labute approximate surface area is 164 Å². The Hall–Kier alpha value is -2.93. The molecule has 0 aliphatic heterocycles. The monoisotopic (exact) mass is 378 g/mol. The number of carbonyl (C=O) groups excluding carboxylic acids is 1. The molecule has 1 fully saturated rings. The molecule has 4 rings (SSSR count). The van der Waals surface area contributed by atoms with Gasteiger partial charge in [-0.1, -0.05) is 6.07 Å². The summed E-state index contributed by atoms with van der Waals surface area (Å²) in [6.07, 6.45) is 5.56. The Morgan fingerprint density at radius 2 is 1.89 bits per heavy atom. The summed E-state index contributed by atoms with van der Waals surface area (Å²) in [6, 6.07) is 13.7. The molecule has 0 unspecified atom stereocenters. The molecule has 2 heterocycles. The van der Waals surface area contributed by atoms with Crippen molar-refractivity contribution in [3.8, 4) is 0 Å². The molecule has 0 saturated heterocycles. The molecule has 1 aliphatic carbocycles. The highest BCUT2D eigenvalue weighted by Gasteiger charge is 2.20. The van der Waals surface area contributed by atoms with Crippen molar-refractivity contribution in [3.63, 3.8) is 0 Å². The van der Waals surface area contributed by atoms with Gasteiger partial charge in [-0.3, -0.25) is 4.79 Å². The number of nitrogens with one attached hydrogen (secondary N) is 2. The SMILES string of the molecule is CNC(=O)c1ccc(Nc2nc3cccc(CC4CCC(N)CC4)n3n2)cc1. The molecule has 0 radical (unpaired) electrons. The number of aromatic nitrogens is 3. The number of fused-ring (bicyclic) bond motifs is 1. The molecule has 1 aliphatic rings. The van der Waals surface area contributed by atoms with Gasteiger partial charge in [0, 0.05) is 30.0 Å². The number of anilines is 2. The molecule has 0 bridgehead atoms. The van der Waals surface area contributed by atoms with Crippen LogP contribution >= 0.6 is 0 Å². The standard InChI is InChI=1S/C21H26N6O/c1-23-20(28)15-7-11-17(12-8-15)24-21-25-19-4-2-3-18(27(19)26-21)13-14-5-9-16(22)10-6-14/h2-4,7-8,11-12,14,16H,5-6,9-10,13,22H2,1H3,(H,23,28)(H,24,26). The highest BCUT2D eigenvalue weighted by Crippen LogP contribution is 2.27. The number of pyridine rings is 1. The van der Waals surface area contributed by atoms with Crippen LogP contribution in [0, 0.1) is 5.92 Å². The van der Waals surface area contributed by atoms with Gasteiger partial charge in [0.05, 0.1) is 0 Å². The third-order valence-corrected chi connectivity index (χ3v) is 5.46. The Morgan fingerprint density at radius 3 is 2.61 bits per heavy atom. The van der Waals surface area contributed by atoms with Crippen LogP contribution in [-0.4, -0.2) is 33.6 Å². The summed E-state index contributed by atoms with van der Waals surface area (Å²) in [7, 11) is 1.62. The first-order valence-corrected chi connectivity index (χ1v) is 9.82. The van der Waals surface area contributed by atoms with Crippen molar-refractivity contribution in [2.75, 3.05) is 12.4 Å². The lowest BCUT2D eigenvalue weighted by atomic mass is 9.84. The number of carbonyl (C=O) groups is 1. The molecule has 1 saturated carbocycles. The van der Waals surface area contributed by atoms with E-state index in [-0.39, 0.29) is 5.91 Å². The van der Waals surface area contributed by atoms with E-state index in [2.05, 4.69) is 26.8 Å². The Kier molecular flexibility index (Phi) is 5.25. The summed E-state index contributed by atoms with van der Waals surface area (Å²) in [5.41, 5.74) is 9.49. The lowest BCUT2D eigenvalue weighted by molar-refractivity contribution is 0.0963. The van der Waals surface area contributed by atoms with Gasteiger partial charge in [-0.2, -0.15) is 4.98 Å². The number of benzene rings is 1. The van der Waals surface area contributed by atoms with Gasteiger partial charge in [0.1, 0.15) is 0 Å². The predicted octanol–water partition coefficient (Wildman–Crippen LogP) is 2.89. The maximum absolute atomic E-state index is 11.7. The van der Waals surface area contributed by atoms with Gasteiger partial charge in [-0.25, -0.2) is 4.52 Å². The first-order valence-electron chi connectivity index (χ1n) is 9.82. The van der Waals surface area contributed by atoms with Gasteiger partial charge < -0.3 is 16.4 Å². The van der Waals surface area contributed by atoms with Gasteiger partial charge in [0.2, 0.25) is 5.95 Å². The largest absolute Gasteiger partial charge is 0.355 e. The minimum atomic E-state index is -0.106. The van der Waals surface area contributed by atoms with E-state index in [0.717, 1.165) is 30.6 Å². The van der Waals surface area contributed by atoms with Gasteiger partial charge in [-0.15, -0.1) is 5.10 Å². The highest BCUT2D eigenvalue weighted by atomic mass is 16.1. The van der Waals surface area contributed by atoms with Crippen LogP contribution in [0.1, 0.15) is 41.7 Å². The fraction of sp³-hybridized carbons (Fsp3) is 0.381. The highest BCUT2D eigenvalue weighted by molar-refractivity contribution is 5.94. The molecular formula is C21H26N6O. The summed E-state index contributed by atoms with van der Waals surface area (Å²) >= 11 is 0. The third-order valence-electron chi connectivity index (χ3n) is 5.46. The molecule has 0 spiro atoms. The second-order valence-electron chi connectivity index (χ2n) is 7.49. The van der Waals surface area contributed by atoms with E-state index in [4.69, 9.17) is 5.73 Å². The van der Waals surface area contributed by atoms with Crippen molar-refractivity contribution in [1.82, 2.24) is 19.9 Å². The van der Waals surface area contributed by atoms with E-state index in [1.807, 2.05) is 28.8 Å². The summed E-state index contributed by atoms with van der Waals surface area (Å²) in [5.74, 6) is 1.10. The van der Waals surface area contributed by atoms with Crippen LogP contribution in [0.15, 0.2) is 42.5 Å². The van der Waals surface area contributed by atoms with Crippen LogP contribution in [0.4, 0.5) is 11.6 Å². The van der Waals surface area contributed by atoms with E-state index in [1.54, 1.807) is 19.2 Å². The Bertz CT molecular complexity index is 957.